The first-order valence-corrected chi connectivity index (χ1v) is 10.7. The predicted molar refractivity (Wildman–Crippen MR) is 95.5 cm³/mol. The second-order valence-corrected chi connectivity index (χ2v) is 8.86. The van der Waals surface area contributed by atoms with Gasteiger partial charge in [-0.25, -0.2) is 4.68 Å². The minimum absolute atomic E-state index is 0. The SMILES string of the molecule is O=C(Cn1cnnn1)N[C@@H]1C(=O)N2C(C(=O)[O-])=C(CSc3nncs3)CS[C@H]12.[Na+]. The van der Waals surface area contributed by atoms with Crippen LogP contribution in [-0.2, 0) is 20.9 Å². The fourth-order valence-corrected chi connectivity index (χ4v) is 5.75. The number of aromatic nitrogens is 6. The second-order valence-electron chi connectivity index (χ2n) is 5.70. The van der Waals surface area contributed by atoms with Gasteiger partial charge in [-0.3, -0.25) is 14.5 Å². The van der Waals surface area contributed by atoms with E-state index < -0.39 is 29.2 Å². The second kappa shape index (κ2) is 9.53. The van der Waals surface area contributed by atoms with Crippen molar-refractivity contribution < 1.29 is 49.0 Å². The molecule has 0 radical (unpaired) electrons. The van der Waals surface area contributed by atoms with E-state index in [0.29, 0.717) is 21.4 Å². The summed E-state index contributed by atoms with van der Waals surface area (Å²) < 4.78 is 1.93. The van der Waals surface area contributed by atoms with E-state index in [2.05, 4.69) is 31.0 Å². The van der Waals surface area contributed by atoms with Gasteiger partial charge in [0.15, 0.2) is 4.34 Å². The molecular weight excluding hydrogens is 451 g/mol. The van der Waals surface area contributed by atoms with Gasteiger partial charge in [-0.2, -0.15) is 0 Å². The zero-order valence-electron chi connectivity index (χ0n) is 14.9. The van der Waals surface area contributed by atoms with Gasteiger partial charge in [0.05, 0.1) is 11.7 Å². The van der Waals surface area contributed by atoms with E-state index in [-0.39, 0.29) is 41.8 Å². The van der Waals surface area contributed by atoms with Crippen molar-refractivity contribution in [1.29, 1.82) is 0 Å². The molecule has 0 spiro atoms. The summed E-state index contributed by atoms with van der Waals surface area (Å²) in [4.78, 5) is 37.5. The van der Waals surface area contributed by atoms with Crippen molar-refractivity contribution in [1.82, 2.24) is 40.6 Å². The molecule has 16 heteroatoms. The summed E-state index contributed by atoms with van der Waals surface area (Å²) in [6.45, 7) is -0.138. The summed E-state index contributed by atoms with van der Waals surface area (Å²) in [5.74, 6) is -1.58. The van der Waals surface area contributed by atoms with Crippen LogP contribution in [0.2, 0.25) is 0 Å². The molecule has 146 valence electrons. The molecule has 2 aliphatic heterocycles. The smallest absolute Gasteiger partial charge is 0.543 e. The Kier molecular flexibility index (Phi) is 7.28. The van der Waals surface area contributed by atoms with Gasteiger partial charge in [-0.05, 0) is 16.0 Å². The van der Waals surface area contributed by atoms with Crippen LogP contribution in [0.3, 0.4) is 0 Å². The Morgan fingerprint density at radius 1 is 1.38 bits per heavy atom. The summed E-state index contributed by atoms with van der Waals surface area (Å²) in [7, 11) is 0. The number of β-lactam (4-membered cyclic amide) rings is 1. The van der Waals surface area contributed by atoms with Crippen LogP contribution >= 0.6 is 34.9 Å². The third-order valence-electron chi connectivity index (χ3n) is 3.96. The average Bonchev–Trinajstić information content (AvgIpc) is 3.37. The van der Waals surface area contributed by atoms with Crippen molar-refractivity contribution in [2.75, 3.05) is 11.5 Å². The molecule has 12 nitrogen and oxygen atoms in total. The number of aliphatic carboxylic acids is 1. The molecule has 2 aliphatic rings. The standard InChI is InChI=1S/C13H12N8O4S3.Na/c22-7(1-20-4-14-18-19-20)16-8-10(23)21-9(12(24)25)6(2-26-11(8)21)3-27-13-17-15-5-28-13;/h4-5,8,11H,1-3H2,(H,16,22)(H,24,25);/q;+1/p-1/t8-,11-;/m1./s1. The molecule has 2 amide bonds. The number of thioether (sulfide) groups is 2. The molecule has 2 atom stereocenters. The molecule has 29 heavy (non-hydrogen) atoms. The Balaban J connectivity index is 0.00000240. The Morgan fingerprint density at radius 3 is 2.86 bits per heavy atom. The molecule has 1 fully saturated rings. The third-order valence-corrected chi connectivity index (χ3v) is 7.25. The number of hydrogen-bond acceptors (Lipinski definition) is 12. The molecule has 0 aromatic carbocycles. The number of tetrazole rings is 1. The normalized spacial score (nSPS) is 20.6. The Hall–Kier alpha value is -1.52. The molecule has 2 aromatic heterocycles. The first-order valence-electron chi connectivity index (χ1n) is 7.81. The van der Waals surface area contributed by atoms with E-state index in [9.17, 15) is 19.5 Å². The van der Waals surface area contributed by atoms with Crippen LogP contribution in [0.1, 0.15) is 0 Å². The van der Waals surface area contributed by atoms with Gasteiger partial charge in [0.2, 0.25) is 5.91 Å². The molecule has 1 N–H and O–H groups in total. The Labute approximate surface area is 198 Å². The van der Waals surface area contributed by atoms with Crippen LogP contribution in [0.5, 0.6) is 0 Å². The van der Waals surface area contributed by atoms with E-state index in [1.54, 1.807) is 5.51 Å². The molecule has 0 saturated carbocycles. The van der Waals surface area contributed by atoms with Crippen molar-refractivity contribution in [3.8, 4) is 0 Å². The van der Waals surface area contributed by atoms with Crippen molar-refractivity contribution in [3.63, 3.8) is 0 Å². The summed E-state index contributed by atoms with van der Waals surface area (Å²) in [6, 6.07) is -0.805. The Bertz CT molecular complexity index is 938. The maximum Gasteiger partial charge on any atom is 1.00 e. The van der Waals surface area contributed by atoms with Gasteiger partial charge in [0.1, 0.15) is 29.8 Å². The van der Waals surface area contributed by atoms with Crippen LogP contribution in [0.4, 0.5) is 0 Å². The van der Waals surface area contributed by atoms with E-state index in [1.807, 2.05) is 0 Å². The number of amides is 2. The summed E-state index contributed by atoms with van der Waals surface area (Å²) >= 11 is 4.09. The zero-order chi connectivity index (χ0) is 19.7. The zero-order valence-corrected chi connectivity index (χ0v) is 19.4. The van der Waals surface area contributed by atoms with Crippen molar-refractivity contribution >= 4 is 52.6 Å². The predicted octanol–water partition coefficient (Wildman–Crippen LogP) is -5.28. The molecule has 0 bridgehead atoms. The van der Waals surface area contributed by atoms with Crippen LogP contribution in [0, 0.1) is 0 Å². The van der Waals surface area contributed by atoms with E-state index in [1.165, 1.54) is 50.8 Å². The van der Waals surface area contributed by atoms with Crippen LogP contribution < -0.4 is 40.0 Å². The fraction of sp³-hybridized carbons (Fsp3) is 0.385. The molecule has 4 rings (SSSR count). The number of carbonyl (C=O) groups is 3. The van der Waals surface area contributed by atoms with Gasteiger partial charge >= 0.3 is 29.6 Å². The number of fused-ring (bicyclic) bond motifs is 1. The fourth-order valence-electron chi connectivity index (χ4n) is 2.78. The number of carboxylic acid groups (broad SMARTS) is 1. The van der Waals surface area contributed by atoms with Gasteiger partial charge < -0.3 is 15.2 Å². The van der Waals surface area contributed by atoms with Crippen LogP contribution in [0.25, 0.3) is 0 Å². The van der Waals surface area contributed by atoms with E-state index in [0.717, 1.165) is 0 Å². The summed E-state index contributed by atoms with van der Waals surface area (Å²) in [5.41, 5.74) is 2.04. The van der Waals surface area contributed by atoms with Crippen molar-refractivity contribution in [3.05, 3.63) is 23.1 Å². The van der Waals surface area contributed by atoms with Crippen molar-refractivity contribution in [2.24, 2.45) is 0 Å². The maximum absolute atomic E-state index is 12.5. The van der Waals surface area contributed by atoms with Gasteiger partial charge in [-0.1, -0.05) is 23.1 Å². The van der Waals surface area contributed by atoms with E-state index >= 15 is 0 Å². The molecule has 0 aliphatic carbocycles. The quantitative estimate of drug-likeness (QED) is 0.238. The number of nitrogens with one attached hydrogen (secondary N) is 1. The number of carboxylic acids is 1. The van der Waals surface area contributed by atoms with Gasteiger partial charge in [-0.15, -0.1) is 27.1 Å². The van der Waals surface area contributed by atoms with E-state index in [4.69, 9.17) is 0 Å². The monoisotopic (exact) mass is 462 g/mol. The maximum atomic E-state index is 12.5. The third kappa shape index (κ3) is 4.64. The molecule has 0 unspecified atom stereocenters. The van der Waals surface area contributed by atoms with Crippen LogP contribution in [0.15, 0.2) is 27.4 Å². The molecule has 1 saturated heterocycles. The van der Waals surface area contributed by atoms with Gasteiger partial charge in [0.25, 0.3) is 5.91 Å². The summed E-state index contributed by atoms with van der Waals surface area (Å²) in [6.07, 6.45) is 1.28. The number of hydrogen-bond donors (Lipinski definition) is 1. The van der Waals surface area contributed by atoms with Crippen LogP contribution in [-0.4, -0.2) is 76.0 Å². The number of carbonyl (C=O) groups excluding carboxylic acids is 3. The first kappa shape index (κ1) is 22.2. The first-order chi connectivity index (χ1) is 13.5. The average molecular weight is 462 g/mol. The molecule has 2 aromatic rings. The Morgan fingerprint density at radius 2 is 2.21 bits per heavy atom. The number of nitrogens with zero attached hydrogens (tertiary/aromatic N) is 7. The minimum atomic E-state index is -1.41. The number of rotatable bonds is 7. The van der Waals surface area contributed by atoms with Gasteiger partial charge in [0, 0.05) is 11.5 Å². The molecular formula is C13H11N8NaO4S3. The van der Waals surface area contributed by atoms with Crippen molar-refractivity contribution in [2.45, 2.75) is 22.3 Å². The summed E-state index contributed by atoms with van der Waals surface area (Å²) in [5, 5.41) is 31.9. The topological polar surface area (TPSA) is 159 Å². The minimum Gasteiger partial charge on any atom is -0.543 e. The largest absolute Gasteiger partial charge is 1.00 e. The molecule has 4 heterocycles.